The van der Waals surface area contributed by atoms with Crippen LogP contribution in [0.25, 0.3) is 10.9 Å². The molecule has 0 amide bonds. The van der Waals surface area contributed by atoms with Crippen molar-refractivity contribution in [2.24, 2.45) is 0 Å². The van der Waals surface area contributed by atoms with E-state index in [1.807, 2.05) is 12.3 Å². The molecule has 94 valence electrons. The van der Waals surface area contributed by atoms with Gasteiger partial charge < -0.3 is 0 Å². The van der Waals surface area contributed by atoms with Crippen LogP contribution in [0.4, 0.5) is 0 Å². The van der Waals surface area contributed by atoms with E-state index in [4.69, 9.17) is 0 Å². The van der Waals surface area contributed by atoms with Gasteiger partial charge in [-0.3, -0.25) is 10.4 Å². The maximum absolute atomic E-state index is 4.49. The predicted octanol–water partition coefficient (Wildman–Crippen LogP) is 2.73. The SMILES string of the molecule is c1ccc2ncc(CNN3CCCCC3)cc2c1. The highest BCUT2D eigenvalue weighted by Crippen LogP contribution is 2.13. The second-order valence-electron chi connectivity index (χ2n) is 4.92. The van der Waals surface area contributed by atoms with Crippen LogP contribution >= 0.6 is 0 Å². The topological polar surface area (TPSA) is 28.2 Å². The number of piperidine rings is 1. The van der Waals surface area contributed by atoms with Crippen molar-refractivity contribution in [3.05, 3.63) is 42.1 Å². The van der Waals surface area contributed by atoms with Crippen LogP contribution in [-0.2, 0) is 6.54 Å². The molecule has 0 saturated carbocycles. The minimum atomic E-state index is 0.873. The van der Waals surface area contributed by atoms with Crippen molar-refractivity contribution in [1.82, 2.24) is 15.4 Å². The zero-order chi connectivity index (χ0) is 12.2. The molecule has 1 aliphatic rings. The summed E-state index contributed by atoms with van der Waals surface area (Å²) in [6, 6.07) is 10.5. The quantitative estimate of drug-likeness (QED) is 0.895. The van der Waals surface area contributed by atoms with Crippen molar-refractivity contribution in [3.8, 4) is 0 Å². The molecule has 1 aromatic carbocycles. The zero-order valence-corrected chi connectivity index (χ0v) is 10.6. The molecule has 3 nitrogen and oxygen atoms in total. The van der Waals surface area contributed by atoms with E-state index in [1.165, 1.54) is 43.3 Å². The van der Waals surface area contributed by atoms with Crippen LogP contribution in [0, 0.1) is 0 Å². The number of aromatic nitrogens is 1. The van der Waals surface area contributed by atoms with Crippen LogP contribution in [-0.4, -0.2) is 23.1 Å². The van der Waals surface area contributed by atoms with Gasteiger partial charge in [0, 0.05) is 31.2 Å². The maximum atomic E-state index is 4.49. The van der Waals surface area contributed by atoms with Gasteiger partial charge in [0.05, 0.1) is 5.52 Å². The monoisotopic (exact) mass is 241 g/mol. The highest BCUT2D eigenvalue weighted by atomic mass is 15.5. The first kappa shape index (κ1) is 11.6. The van der Waals surface area contributed by atoms with E-state index in [1.54, 1.807) is 0 Å². The summed E-state index contributed by atoms with van der Waals surface area (Å²) in [5, 5.41) is 3.55. The van der Waals surface area contributed by atoms with E-state index in [0.717, 1.165) is 12.1 Å². The standard InChI is InChI=1S/C15H19N3/c1-4-8-18(9-5-1)17-12-13-10-14-6-2-3-7-15(14)16-11-13/h2-3,6-7,10-11,17H,1,4-5,8-9,12H2. The van der Waals surface area contributed by atoms with Crippen LogP contribution in [0.5, 0.6) is 0 Å². The largest absolute Gasteiger partial charge is 0.256 e. The molecule has 2 heterocycles. The number of nitrogens with one attached hydrogen (secondary N) is 1. The van der Waals surface area contributed by atoms with Gasteiger partial charge in [0.15, 0.2) is 0 Å². The van der Waals surface area contributed by atoms with Gasteiger partial charge in [-0.05, 0) is 30.5 Å². The number of hydrazine groups is 1. The Kier molecular flexibility index (Phi) is 3.53. The van der Waals surface area contributed by atoms with Gasteiger partial charge in [0.25, 0.3) is 0 Å². The summed E-state index contributed by atoms with van der Waals surface area (Å²) in [6.07, 6.45) is 5.96. The summed E-state index contributed by atoms with van der Waals surface area (Å²) in [6.45, 7) is 3.21. The summed E-state index contributed by atoms with van der Waals surface area (Å²) in [7, 11) is 0. The lowest BCUT2D eigenvalue weighted by molar-refractivity contribution is 0.151. The Bertz CT molecular complexity index is 518. The molecule has 0 unspecified atom stereocenters. The van der Waals surface area contributed by atoms with Crippen LogP contribution in [0.15, 0.2) is 36.5 Å². The third-order valence-corrected chi connectivity index (χ3v) is 3.51. The molecule has 3 heteroatoms. The van der Waals surface area contributed by atoms with Gasteiger partial charge >= 0.3 is 0 Å². The van der Waals surface area contributed by atoms with Crippen molar-refractivity contribution in [2.45, 2.75) is 25.8 Å². The lowest BCUT2D eigenvalue weighted by Gasteiger charge is -2.27. The van der Waals surface area contributed by atoms with Crippen molar-refractivity contribution in [3.63, 3.8) is 0 Å². The molecule has 3 rings (SSSR count). The van der Waals surface area contributed by atoms with Gasteiger partial charge in [-0.15, -0.1) is 0 Å². The molecule has 2 aromatic rings. The van der Waals surface area contributed by atoms with Crippen LogP contribution in [0.2, 0.25) is 0 Å². The second kappa shape index (κ2) is 5.46. The minimum absolute atomic E-state index is 0.873. The fourth-order valence-electron chi connectivity index (χ4n) is 2.47. The number of nitrogens with zero attached hydrogens (tertiary/aromatic N) is 2. The molecule has 1 aromatic heterocycles. The average Bonchev–Trinajstić information content (AvgIpc) is 2.46. The molecule has 1 fully saturated rings. The van der Waals surface area contributed by atoms with E-state index in [9.17, 15) is 0 Å². The molecule has 0 atom stereocenters. The smallest absolute Gasteiger partial charge is 0.0702 e. The van der Waals surface area contributed by atoms with E-state index in [0.29, 0.717) is 0 Å². The molecular formula is C15H19N3. The molecule has 0 aliphatic carbocycles. The number of benzene rings is 1. The van der Waals surface area contributed by atoms with Gasteiger partial charge in [-0.25, -0.2) is 5.01 Å². The van der Waals surface area contributed by atoms with Gasteiger partial charge in [-0.1, -0.05) is 24.6 Å². The number of rotatable bonds is 3. The second-order valence-corrected chi connectivity index (χ2v) is 4.92. The highest BCUT2D eigenvalue weighted by molar-refractivity contribution is 5.78. The predicted molar refractivity (Wildman–Crippen MR) is 74.0 cm³/mol. The van der Waals surface area contributed by atoms with Gasteiger partial charge in [0.2, 0.25) is 0 Å². The fourth-order valence-corrected chi connectivity index (χ4v) is 2.47. The summed E-state index contributed by atoms with van der Waals surface area (Å²) < 4.78 is 0. The van der Waals surface area contributed by atoms with Crippen molar-refractivity contribution in [2.75, 3.05) is 13.1 Å². The lowest BCUT2D eigenvalue weighted by Crippen LogP contribution is -2.41. The van der Waals surface area contributed by atoms with E-state index < -0.39 is 0 Å². The summed E-state index contributed by atoms with van der Waals surface area (Å²) >= 11 is 0. The van der Waals surface area contributed by atoms with Crippen LogP contribution < -0.4 is 5.43 Å². The van der Waals surface area contributed by atoms with Crippen LogP contribution in [0.1, 0.15) is 24.8 Å². The molecule has 0 radical (unpaired) electrons. The number of fused-ring (bicyclic) bond motifs is 1. The molecule has 1 N–H and O–H groups in total. The molecule has 1 saturated heterocycles. The van der Waals surface area contributed by atoms with E-state index in [2.05, 4.69) is 39.7 Å². The highest BCUT2D eigenvalue weighted by Gasteiger charge is 2.09. The Labute approximate surface area is 108 Å². The molecule has 0 spiro atoms. The van der Waals surface area contributed by atoms with Crippen molar-refractivity contribution >= 4 is 10.9 Å². The van der Waals surface area contributed by atoms with Crippen LogP contribution in [0.3, 0.4) is 0 Å². The van der Waals surface area contributed by atoms with Gasteiger partial charge in [-0.2, -0.15) is 0 Å². The first-order valence-corrected chi connectivity index (χ1v) is 6.74. The molecule has 1 aliphatic heterocycles. The fraction of sp³-hybridized carbons (Fsp3) is 0.400. The number of para-hydroxylation sites is 1. The average molecular weight is 241 g/mol. The number of pyridine rings is 1. The normalized spacial score (nSPS) is 17.1. The maximum Gasteiger partial charge on any atom is 0.0702 e. The van der Waals surface area contributed by atoms with Crippen molar-refractivity contribution in [1.29, 1.82) is 0 Å². The summed E-state index contributed by atoms with van der Waals surface area (Å²) in [4.78, 5) is 4.49. The third-order valence-electron chi connectivity index (χ3n) is 3.51. The zero-order valence-electron chi connectivity index (χ0n) is 10.6. The lowest BCUT2D eigenvalue weighted by atomic mass is 10.1. The minimum Gasteiger partial charge on any atom is -0.256 e. The molecular weight excluding hydrogens is 222 g/mol. The molecule has 18 heavy (non-hydrogen) atoms. The van der Waals surface area contributed by atoms with E-state index >= 15 is 0 Å². The Morgan fingerprint density at radius 1 is 1.11 bits per heavy atom. The Balaban J connectivity index is 1.66. The number of hydrogen-bond donors (Lipinski definition) is 1. The Morgan fingerprint density at radius 2 is 1.94 bits per heavy atom. The van der Waals surface area contributed by atoms with Gasteiger partial charge in [0.1, 0.15) is 0 Å². The summed E-state index contributed by atoms with van der Waals surface area (Å²) in [5.41, 5.74) is 5.81. The summed E-state index contributed by atoms with van der Waals surface area (Å²) in [5.74, 6) is 0. The Hall–Kier alpha value is -1.45. The third kappa shape index (κ3) is 2.68. The Morgan fingerprint density at radius 3 is 2.83 bits per heavy atom. The van der Waals surface area contributed by atoms with Crippen molar-refractivity contribution < 1.29 is 0 Å². The first-order valence-electron chi connectivity index (χ1n) is 6.74. The number of hydrogen-bond acceptors (Lipinski definition) is 3. The van der Waals surface area contributed by atoms with E-state index in [-0.39, 0.29) is 0 Å². The molecule has 0 bridgehead atoms. The first-order chi connectivity index (χ1) is 8.92.